The van der Waals surface area contributed by atoms with Crippen LogP contribution in [0.1, 0.15) is 38.6 Å². The minimum Gasteiger partial charge on any atom is -0.480 e. The summed E-state index contributed by atoms with van der Waals surface area (Å²) >= 11 is 1.14. The number of hydrogen-bond acceptors (Lipinski definition) is 5. The molecule has 1 fully saturated rings. The van der Waals surface area contributed by atoms with Crippen molar-refractivity contribution in [2.75, 3.05) is 11.9 Å². The van der Waals surface area contributed by atoms with Crippen molar-refractivity contribution in [1.29, 1.82) is 0 Å². The van der Waals surface area contributed by atoms with Gasteiger partial charge in [-0.1, -0.05) is 0 Å². The molecule has 3 heterocycles. The van der Waals surface area contributed by atoms with E-state index in [1.165, 1.54) is 11.2 Å². The second-order valence-electron chi connectivity index (χ2n) is 5.55. The van der Waals surface area contributed by atoms with Crippen LogP contribution in [0.2, 0.25) is 0 Å². The summed E-state index contributed by atoms with van der Waals surface area (Å²) in [7, 11) is 0. The molecule has 2 aromatic heterocycles. The highest BCUT2D eigenvalue weighted by Gasteiger charge is 2.35. The quantitative estimate of drug-likeness (QED) is 0.884. The Balaban J connectivity index is 1.77. The van der Waals surface area contributed by atoms with E-state index in [0.717, 1.165) is 11.3 Å². The Morgan fingerprint density at radius 1 is 1.42 bits per heavy atom. The van der Waals surface area contributed by atoms with Gasteiger partial charge in [0.2, 0.25) is 0 Å². The van der Waals surface area contributed by atoms with Crippen molar-refractivity contribution in [2.45, 2.75) is 25.8 Å². The molecule has 0 saturated carbocycles. The molecule has 1 atom stereocenters. The number of rotatable bonds is 4. The molecule has 0 spiro atoms. The van der Waals surface area contributed by atoms with Gasteiger partial charge in [-0.05, 0) is 43.5 Å². The van der Waals surface area contributed by atoms with Crippen molar-refractivity contribution in [3.63, 3.8) is 0 Å². The van der Waals surface area contributed by atoms with E-state index in [-0.39, 0.29) is 11.7 Å². The van der Waals surface area contributed by atoms with E-state index in [2.05, 4.69) is 5.32 Å². The lowest BCUT2D eigenvalue weighted by atomic mass is 10.2. The topological polar surface area (TPSA) is 99.9 Å². The molecule has 1 aliphatic rings. The Morgan fingerprint density at radius 2 is 2.21 bits per heavy atom. The van der Waals surface area contributed by atoms with Gasteiger partial charge in [-0.25, -0.2) is 4.79 Å². The van der Waals surface area contributed by atoms with Crippen molar-refractivity contribution in [1.82, 2.24) is 4.90 Å². The van der Waals surface area contributed by atoms with Crippen molar-refractivity contribution in [3.8, 4) is 0 Å². The number of carboxylic acids is 1. The fourth-order valence-corrected chi connectivity index (χ4v) is 3.76. The molecule has 1 unspecified atom stereocenters. The van der Waals surface area contributed by atoms with Gasteiger partial charge in [0.05, 0.1) is 16.1 Å². The molecular weight excluding hydrogens is 332 g/mol. The van der Waals surface area contributed by atoms with Gasteiger partial charge in [0.25, 0.3) is 11.8 Å². The van der Waals surface area contributed by atoms with Crippen LogP contribution >= 0.6 is 11.3 Å². The third-order valence-electron chi connectivity index (χ3n) is 3.89. The van der Waals surface area contributed by atoms with E-state index in [4.69, 9.17) is 4.42 Å². The molecule has 2 N–H and O–H groups in total. The Labute approximate surface area is 141 Å². The Morgan fingerprint density at radius 3 is 2.88 bits per heavy atom. The summed E-state index contributed by atoms with van der Waals surface area (Å²) in [4.78, 5) is 37.7. The molecule has 0 bridgehead atoms. The average molecular weight is 348 g/mol. The third-order valence-corrected chi connectivity index (χ3v) is 5.03. The summed E-state index contributed by atoms with van der Waals surface area (Å²) in [5, 5.41) is 12.4. The lowest BCUT2D eigenvalue weighted by Gasteiger charge is -2.20. The number of thiophene rings is 1. The zero-order valence-corrected chi connectivity index (χ0v) is 13.8. The number of amides is 2. The van der Waals surface area contributed by atoms with Gasteiger partial charge in [-0.15, -0.1) is 11.3 Å². The third kappa shape index (κ3) is 3.05. The van der Waals surface area contributed by atoms with E-state index in [1.807, 2.05) is 0 Å². The number of nitrogens with zero attached hydrogens (tertiary/aromatic N) is 1. The standard InChI is InChI=1S/C16H16N2O5S/c1-9-8-12(17-14(19)11-5-3-7-23-11)24-13(9)15(20)18-6-2-4-10(18)16(21)22/h3,5,7-8,10H,2,4,6H2,1H3,(H,17,19)(H,21,22). The number of carbonyl (C=O) groups excluding carboxylic acids is 2. The zero-order valence-electron chi connectivity index (χ0n) is 12.9. The summed E-state index contributed by atoms with van der Waals surface area (Å²) in [5.74, 6) is -1.51. The molecule has 0 aliphatic carbocycles. The first-order chi connectivity index (χ1) is 11.5. The molecule has 3 rings (SSSR count). The number of aryl methyl sites for hydroxylation is 1. The smallest absolute Gasteiger partial charge is 0.326 e. The first-order valence-corrected chi connectivity index (χ1v) is 8.28. The fourth-order valence-electron chi connectivity index (χ4n) is 2.73. The number of nitrogens with one attached hydrogen (secondary N) is 1. The van der Waals surface area contributed by atoms with Gasteiger partial charge in [0.15, 0.2) is 5.76 Å². The van der Waals surface area contributed by atoms with Gasteiger partial charge in [-0.3, -0.25) is 9.59 Å². The molecule has 0 aromatic carbocycles. The molecule has 24 heavy (non-hydrogen) atoms. The zero-order chi connectivity index (χ0) is 17.3. The number of carboxylic acid groups (broad SMARTS) is 1. The van der Waals surface area contributed by atoms with E-state index in [0.29, 0.717) is 34.8 Å². The van der Waals surface area contributed by atoms with Crippen LogP contribution in [0.4, 0.5) is 5.00 Å². The van der Waals surface area contributed by atoms with E-state index >= 15 is 0 Å². The molecule has 2 amide bonds. The van der Waals surface area contributed by atoms with Gasteiger partial charge in [-0.2, -0.15) is 0 Å². The molecular formula is C16H16N2O5S. The maximum Gasteiger partial charge on any atom is 0.326 e. The highest BCUT2D eigenvalue weighted by atomic mass is 32.1. The normalized spacial score (nSPS) is 17.0. The van der Waals surface area contributed by atoms with Crippen LogP contribution < -0.4 is 5.32 Å². The van der Waals surface area contributed by atoms with E-state index in [1.54, 1.807) is 25.1 Å². The fraction of sp³-hybridized carbons (Fsp3) is 0.312. The number of furan rings is 1. The van der Waals surface area contributed by atoms with Crippen LogP contribution in [0.3, 0.4) is 0 Å². The average Bonchev–Trinajstić information content (AvgIpc) is 3.27. The molecule has 126 valence electrons. The van der Waals surface area contributed by atoms with Crippen LogP contribution in [-0.2, 0) is 4.79 Å². The first-order valence-electron chi connectivity index (χ1n) is 7.46. The van der Waals surface area contributed by atoms with Crippen LogP contribution in [-0.4, -0.2) is 40.4 Å². The Kier molecular flexibility index (Phi) is 4.39. The van der Waals surface area contributed by atoms with Crippen LogP contribution in [0.15, 0.2) is 28.9 Å². The van der Waals surface area contributed by atoms with Crippen LogP contribution in [0.25, 0.3) is 0 Å². The summed E-state index contributed by atoms with van der Waals surface area (Å²) in [6, 6.07) is 4.08. The minimum absolute atomic E-state index is 0.180. The van der Waals surface area contributed by atoms with E-state index in [9.17, 15) is 19.5 Å². The van der Waals surface area contributed by atoms with Gasteiger partial charge >= 0.3 is 5.97 Å². The summed E-state index contributed by atoms with van der Waals surface area (Å²) in [5.41, 5.74) is 0.704. The van der Waals surface area contributed by atoms with Crippen LogP contribution in [0, 0.1) is 6.92 Å². The van der Waals surface area contributed by atoms with Crippen molar-refractivity contribution >= 4 is 34.1 Å². The molecule has 2 aromatic rings. The SMILES string of the molecule is Cc1cc(NC(=O)c2ccco2)sc1C(=O)N1CCCC1C(=O)O. The molecule has 0 radical (unpaired) electrons. The molecule has 7 nitrogen and oxygen atoms in total. The van der Waals surface area contributed by atoms with Crippen LogP contribution in [0.5, 0.6) is 0 Å². The number of aliphatic carboxylic acids is 1. The summed E-state index contributed by atoms with van der Waals surface area (Å²) < 4.78 is 5.03. The van der Waals surface area contributed by atoms with Crippen molar-refractivity contribution in [2.24, 2.45) is 0 Å². The van der Waals surface area contributed by atoms with Gasteiger partial charge < -0.3 is 19.7 Å². The number of carbonyl (C=O) groups is 3. The number of hydrogen-bond donors (Lipinski definition) is 2. The monoisotopic (exact) mass is 348 g/mol. The summed E-state index contributed by atoms with van der Waals surface area (Å²) in [6.07, 6.45) is 2.55. The highest BCUT2D eigenvalue weighted by molar-refractivity contribution is 7.18. The second kappa shape index (κ2) is 6.48. The predicted octanol–water partition coefficient (Wildman–Crippen LogP) is 2.59. The van der Waals surface area contributed by atoms with Gasteiger partial charge in [0.1, 0.15) is 6.04 Å². The predicted molar refractivity (Wildman–Crippen MR) is 87.4 cm³/mol. The lowest BCUT2D eigenvalue weighted by Crippen LogP contribution is -2.40. The molecule has 1 aliphatic heterocycles. The second-order valence-corrected chi connectivity index (χ2v) is 6.60. The van der Waals surface area contributed by atoms with Gasteiger partial charge in [0, 0.05) is 6.54 Å². The number of anilines is 1. The largest absolute Gasteiger partial charge is 0.480 e. The minimum atomic E-state index is -0.985. The number of likely N-dealkylation sites (tertiary alicyclic amines) is 1. The lowest BCUT2D eigenvalue weighted by molar-refractivity contribution is -0.141. The maximum absolute atomic E-state index is 12.7. The Bertz CT molecular complexity index is 780. The highest BCUT2D eigenvalue weighted by Crippen LogP contribution is 2.30. The van der Waals surface area contributed by atoms with Crippen molar-refractivity contribution < 1.29 is 23.9 Å². The molecule has 1 saturated heterocycles. The first kappa shape index (κ1) is 16.3. The maximum atomic E-state index is 12.7. The van der Waals surface area contributed by atoms with E-state index < -0.39 is 17.9 Å². The molecule has 8 heteroatoms. The van der Waals surface area contributed by atoms with Crippen molar-refractivity contribution in [3.05, 3.63) is 40.7 Å². The summed E-state index contributed by atoms with van der Waals surface area (Å²) in [6.45, 7) is 2.19. The Hall–Kier alpha value is -2.61.